The van der Waals surface area contributed by atoms with E-state index in [1.165, 1.54) is 6.20 Å². The van der Waals surface area contributed by atoms with Gasteiger partial charge in [0.05, 0.1) is 11.3 Å². The summed E-state index contributed by atoms with van der Waals surface area (Å²) in [7, 11) is 0. The molecule has 0 N–H and O–H groups in total. The van der Waals surface area contributed by atoms with Crippen molar-refractivity contribution < 1.29 is 13.2 Å². The van der Waals surface area contributed by atoms with E-state index >= 15 is 0 Å². The minimum Gasteiger partial charge on any atom is -0.256 e. The van der Waals surface area contributed by atoms with Crippen LogP contribution in [0.5, 0.6) is 0 Å². The molecule has 0 atom stereocenters. The monoisotopic (exact) mass is 315 g/mol. The molecule has 18 heavy (non-hydrogen) atoms. The highest BCUT2D eigenvalue weighted by molar-refractivity contribution is 9.08. The van der Waals surface area contributed by atoms with Crippen molar-refractivity contribution >= 4 is 15.9 Å². The Morgan fingerprint density at radius 2 is 1.78 bits per heavy atom. The maximum absolute atomic E-state index is 12.9. The second kappa shape index (κ2) is 5.10. The van der Waals surface area contributed by atoms with Gasteiger partial charge in [0.15, 0.2) is 0 Å². The fourth-order valence-corrected chi connectivity index (χ4v) is 2.07. The minimum atomic E-state index is -4.37. The van der Waals surface area contributed by atoms with Crippen LogP contribution in [0.25, 0.3) is 11.3 Å². The van der Waals surface area contributed by atoms with E-state index in [-0.39, 0.29) is 10.9 Å². The summed E-state index contributed by atoms with van der Waals surface area (Å²) >= 11 is 3.04. The van der Waals surface area contributed by atoms with Crippen molar-refractivity contribution in [1.29, 1.82) is 0 Å². The molecule has 1 nitrogen and oxygen atoms in total. The van der Waals surface area contributed by atoms with Gasteiger partial charge in [-0.3, -0.25) is 4.98 Å². The van der Waals surface area contributed by atoms with Crippen LogP contribution in [0, 0.1) is 0 Å². The highest BCUT2D eigenvalue weighted by atomic mass is 79.9. The minimum absolute atomic E-state index is 0.129. The summed E-state index contributed by atoms with van der Waals surface area (Å²) < 4.78 is 38.6. The van der Waals surface area contributed by atoms with Crippen molar-refractivity contribution in [1.82, 2.24) is 4.98 Å². The molecule has 0 unspecified atom stereocenters. The third-order valence-electron chi connectivity index (χ3n) is 2.51. The first kappa shape index (κ1) is 13.1. The zero-order valence-corrected chi connectivity index (χ0v) is 10.8. The number of rotatable bonds is 2. The summed E-state index contributed by atoms with van der Waals surface area (Å²) in [5, 5.41) is 0.129. The summed E-state index contributed by atoms with van der Waals surface area (Å²) in [5.41, 5.74) is 0.493. The highest BCUT2D eigenvalue weighted by Gasteiger charge is 2.33. The zero-order valence-electron chi connectivity index (χ0n) is 9.21. The molecule has 0 saturated carbocycles. The SMILES string of the molecule is FC(F)(F)c1cc(-c2ccccc2)ncc1CBr. The van der Waals surface area contributed by atoms with E-state index < -0.39 is 11.7 Å². The van der Waals surface area contributed by atoms with Crippen LogP contribution < -0.4 is 0 Å². The zero-order chi connectivity index (χ0) is 13.2. The summed E-state index contributed by atoms with van der Waals surface area (Å²) in [6.07, 6.45) is -3.10. The Bertz CT molecular complexity index is 538. The summed E-state index contributed by atoms with van der Waals surface area (Å²) in [4.78, 5) is 4.06. The summed E-state index contributed by atoms with van der Waals surface area (Å²) in [6.45, 7) is 0. The first-order chi connectivity index (χ1) is 8.52. The van der Waals surface area contributed by atoms with Gasteiger partial charge < -0.3 is 0 Å². The van der Waals surface area contributed by atoms with Gasteiger partial charge in [0, 0.05) is 17.1 Å². The maximum atomic E-state index is 12.9. The molecule has 0 fully saturated rings. The summed E-state index contributed by atoms with van der Waals surface area (Å²) in [5.74, 6) is 0. The third kappa shape index (κ3) is 2.72. The molecule has 5 heteroatoms. The van der Waals surface area contributed by atoms with E-state index in [1.807, 2.05) is 0 Å². The topological polar surface area (TPSA) is 12.9 Å². The van der Waals surface area contributed by atoms with Crippen molar-refractivity contribution in [2.75, 3.05) is 0 Å². The average molecular weight is 316 g/mol. The predicted octanol–water partition coefficient (Wildman–Crippen LogP) is 4.66. The molecule has 1 aromatic heterocycles. The lowest BCUT2D eigenvalue weighted by Gasteiger charge is -2.12. The molecular weight excluding hydrogens is 307 g/mol. The van der Waals surface area contributed by atoms with E-state index in [2.05, 4.69) is 20.9 Å². The van der Waals surface area contributed by atoms with Crippen LogP contribution in [0.4, 0.5) is 13.2 Å². The molecule has 0 aliphatic heterocycles. The van der Waals surface area contributed by atoms with Gasteiger partial charge in [-0.05, 0) is 11.6 Å². The Labute approximate surface area is 111 Å². The van der Waals surface area contributed by atoms with Gasteiger partial charge >= 0.3 is 6.18 Å². The molecule has 2 aromatic rings. The van der Waals surface area contributed by atoms with Gasteiger partial charge in [-0.25, -0.2) is 0 Å². The van der Waals surface area contributed by atoms with E-state index in [9.17, 15) is 13.2 Å². The quantitative estimate of drug-likeness (QED) is 0.734. The number of hydrogen-bond acceptors (Lipinski definition) is 1. The van der Waals surface area contributed by atoms with E-state index in [0.29, 0.717) is 11.3 Å². The average Bonchev–Trinajstić information content (AvgIpc) is 2.38. The van der Waals surface area contributed by atoms with Crippen molar-refractivity contribution in [2.24, 2.45) is 0 Å². The normalized spacial score (nSPS) is 11.6. The number of hydrogen-bond donors (Lipinski definition) is 0. The standard InChI is InChI=1S/C13H9BrF3N/c14-7-10-8-18-12(6-11(10)13(15,16)17)9-4-2-1-3-5-9/h1-6,8H,7H2. The van der Waals surface area contributed by atoms with Crippen molar-refractivity contribution in [3.8, 4) is 11.3 Å². The Morgan fingerprint density at radius 1 is 1.11 bits per heavy atom. The Hall–Kier alpha value is -1.36. The van der Waals surface area contributed by atoms with E-state index in [1.54, 1.807) is 30.3 Å². The lowest BCUT2D eigenvalue weighted by Crippen LogP contribution is -2.09. The third-order valence-corrected chi connectivity index (χ3v) is 3.11. The lowest BCUT2D eigenvalue weighted by atomic mass is 10.1. The largest absolute Gasteiger partial charge is 0.416 e. The van der Waals surface area contributed by atoms with Crippen LogP contribution >= 0.6 is 15.9 Å². The van der Waals surface area contributed by atoms with Crippen LogP contribution in [-0.4, -0.2) is 4.98 Å². The van der Waals surface area contributed by atoms with Crippen molar-refractivity contribution in [2.45, 2.75) is 11.5 Å². The van der Waals surface area contributed by atoms with Gasteiger partial charge in [-0.2, -0.15) is 13.2 Å². The maximum Gasteiger partial charge on any atom is 0.416 e. The van der Waals surface area contributed by atoms with Crippen LogP contribution in [0.2, 0.25) is 0 Å². The van der Waals surface area contributed by atoms with Crippen LogP contribution in [0.15, 0.2) is 42.6 Å². The van der Waals surface area contributed by atoms with Crippen LogP contribution in [-0.2, 0) is 11.5 Å². The Morgan fingerprint density at radius 3 is 2.33 bits per heavy atom. The number of aromatic nitrogens is 1. The number of pyridine rings is 1. The first-order valence-corrected chi connectivity index (χ1v) is 6.32. The molecule has 0 spiro atoms. The molecule has 0 radical (unpaired) electrons. The molecule has 0 saturated heterocycles. The van der Waals surface area contributed by atoms with Gasteiger partial charge in [-0.1, -0.05) is 46.3 Å². The van der Waals surface area contributed by atoms with E-state index in [0.717, 1.165) is 6.07 Å². The van der Waals surface area contributed by atoms with Crippen molar-refractivity contribution in [3.63, 3.8) is 0 Å². The van der Waals surface area contributed by atoms with Crippen LogP contribution in [0.1, 0.15) is 11.1 Å². The molecule has 94 valence electrons. The fraction of sp³-hybridized carbons (Fsp3) is 0.154. The predicted molar refractivity (Wildman–Crippen MR) is 67.3 cm³/mol. The smallest absolute Gasteiger partial charge is 0.256 e. The van der Waals surface area contributed by atoms with Gasteiger partial charge in [-0.15, -0.1) is 0 Å². The van der Waals surface area contributed by atoms with Gasteiger partial charge in [0.1, 0.15) is 0 Å². The van der Waals surface area contributed by atoms with E-state index in [4.69, 9.17) is 0 Å². The fourth-order valence-electron chi connectivity index (χ4n) is 1.62. The molecule has 1 heterocycles. The number of nitrogens with zero attached hydrogens (tertiary/aromatic N) is 1. The Kier molecular flexibility index (Phi) is 3.71. The Balaban J connectivity index is 2.53. The molecule has 0 aliphatic carbocycles. The molecular formula is C13H9BrF3N. The van der Waals surface area contributed by atoms with Crippen LogP contribution in [0.3, 0.4) is 0 Å². The number of benzene rings is 1. The lowest BCUT2D eigenvalue weighted by molar-refractivity contribution is -0.138. The first-order valence-electron chi connectivity index (χ1n) is 5.20. The number of alkyl halides is 4. The molecule has 1 aromatic carbocycles. The molecule has 2 rings (SSSR count). The molecule has 0 aliphatic rings. The second-order valence-corrected chi connectivity index (χ2v) is 4.28. The van der Waals surface area contributed by atoms with Gasteiger partial charge in [0.25, 0.3) is 0 Å². The second-order valence-electron chi connectivity index (χ2n) is 3.72. The number of halogens is 4. The highest BCUT2D eigenvalue weighted by Crippen LogP contribution is 2.34. The molecule has 0 bridgehead atoms. The van der Waals surface area contributed by atoms with Gasteiger partial charge in [0.2, 0.25) is 0 Å². The summed E-state index contributed by atoms with van der Waals surface area (Å²) in [6, 6.07) is 9.89. The van der Waals surface area contributed by atoms with Crippen molar-refractivity contribution in [3.05, 3.63) is 53.7 Å². The molecule has 0 amide bonds.